The smallest absolute Gasteiger partial charge is 0.339 e. The molecule has 0 aromatic carbocycles. The molecule has 1 aromatic rings. The first-order chi connectivity index (χ1) is 8.24. The maximum Gasteiger partial charge on any atom is 0.339 e. The predicted octanol–water partition coefficient (Wildman–Crippen LogP) is 1.84. The van der Waals surface area contributed by atoms with Crippen molar-refractivity contribution >= 4 is 5.97 Å². The van der Waals surface area contributed by atoms with Gasteiger partial charge in [-0.25, -0.2) is 4.79 Å². The van der Waals surface area contributed by atoms with E-state index in [0.29, 0.717) is 17.9 Å². The first-order valence-electron chi connectivity index (χ1n) is 6.13. The van der Waals surface area contributed by atoms with Gasteiger partial charge in [0, 0.05) is 13.2 Å². The van der Waals surface area contributed by atoms with E-state index >= 15 is 0 Å². The summed E-state index contributed by atoms with van der Waals surface area (Å²) in [5, 5.41) is 13.7. The number of hydrogen-bond donors (Lipinski definition) is 1. The molecule has 17 heavy (non-hydrogen) atoms. The first-order valence-corrected chi connectivity index (χ1v) is 6.13. The molecule has 0 amide bonds. The van der Waals surface area contributed by atoms with Crippen molar-refractivity contribution in [3.63, 3.8) is 0 Å². The van der Waals surface area contributed by atoms with Crippen LogP contribution >= 0.6 is 0 Å². The van der Waals surface area contributed by atoms with Crippen LogP contribution in [-0.4, -0.2) is 27.5 Å². The zero-order valence-electron chi connectivity index (χ0n) is 10.1. The van der Waals surface area contributed by atoms with E-state index in [9.17, 15) is 9.90 Å². The van der Waals surface area contributed by atoms with Gasteiger partial charge in [0.25, 0.3) is 0 Å². The summed E-state index contributed by atoms with van der Waals surface area (Å²) in [6.07, 6.45) is 4.06. The Morgan fingerprint density at radius 1 is 1.47 bits per heavy atom. The molecule has 1 N–H and O–H groups in total. The summed E-state index contributed by atoms with van der Waals surface area (Å²) in [7, 11) is 0. The van der Waals surface area contributed by atoms with Gasteiger partial charge in [-0.2, -0.15) is 5.10 Å². The molecule has 5 heteroatoms. The van der Waals surface area contributed by atoms with Crippen LogP contribution in [0.1, 0.15) is 47.9 Å². The first kappa shape index (κ1) is 12.1. The quantitative estimate of drug-likeness (QED) is 0.869. The minimum Gasteiger partial charge on any atom is -0.478 e. The van der Waals surface area contributed by atoms with Crippen molar-refractivity contribution in [3.05, 3.63) is 17.0 Å². The number of fused-ring (bicyclic) bond motifs is 1. The molecule has 0 bridgehead atoms. The molecule has 0 saturated heterocycles. The lowest BCUT2D eigenvalue weighted by molar-refractivity contribution is 0.0687. The zero-order valence-corrected chi connectivity index (χ0v) is 10.1. The number of rotatable bonds is 4. The van der Waals surface area contributed by atoms with Crippen LogP contribution in [0.15, 0.2) is 0 Å². The molecule has 0 unspecified atom stereocenters. The molecule has 0 atom stereocenters. The zero-order chi connectivity index (χ0) is 12.3. The van der Waals surface area contributed by atoms with Crippen LogP contribution in [0.3, 0.4) is 0 Å². The van der Waals surface area contributed by atoms with Gasteiger partial charge in [-0.15, -0.1) is 0 Å². The minimum absolute atomic E-state index is 0.290. The van der Waals surface area contributed by atoms with E-state index in [0.717, 1.165) is 37.9 Å². The van der Waals surface area contributed by atoms with Gasteiger partial charge in [-0.3, -0.25) is 4.68 Å². The van der Waals surface area contributed by atoms with E-state index in [2.05, 4.69) is 5.10 Å². The van der Waals surface area contributed by atoms with E-state index in [1.165, 1.54) is 0 Å². The molecule has 1 aliphatic heterocycles. The van der Waals surface area contributed by atoms with Crippen molar-refractivity contribution in [3.8, 4) is 0 Å². The number of nitrogens with zero attached hydrogens (tertiary/aromatic N) is 2. The standard InChI is InChI=1S/C12H18N2O3/c1-2-17-8-9-11(12(15)16)10-6-4-3-5-7-14(10)13-9/h2-8H2,1H3,(H,15,16). The van der Waals surface area contributed by atoms with Gasteiger partial charge in [0.05, 0.1) is 12.3 Å². The summed E-state index contributed by atoms with van der Waals surface area (Å²) < 4.78 is 7.13. The number of hydrogen-bond acceptors (Lipinski definition) is 3. The van der Waals surface area contributed by atoms with Crippen LogP contribution in [0.5, 0.6) is 0 Å². The van der Waals surface area contributed by atoms with Crippen LogP contribution in [-0.2, 0) is 24.3 Å². The number of ether oxygens (including phenoxy) is 1. The van der Waals surface area contributed by atoms with Crippen molar-refractivity contribution in [1.82, 2.24) is 9.78 Å². The number of aromatic nitrogens is 2. The SMILES string of the molecule is CCOCc1nn2c(c1C(=O)O)CCCCC2. The summed E-state index contributed by atoms with van der Waals surface area (Å²) in [6, 6.07) is 0. The lowest BCUT2D eigenvalue weighted by Crippen LogP contribution is -2.06. The van der Waals surface area contributed by atoms with Crippen molar-refractivity contribution in [2.75, 3.05) is 6.61 Å². The molecule has 2 rings (SSSR count). The fourth-order valence-electron chi connectivity index (χ4n) is 2.27. The topological polar surface area (TPSA) is 64.4 Å². The molecule has 1 aliphatic rings. The third kappa shape index (κ3) is 2.49. The second-order valence-corrected chi connectivity index (χ2v) is 4.24. The Hall–Kier alpha value is -1.36. The normalized spacial score (nSPS) is 15.4. The Balaban J connectivity index is 2.35. The molecule has 1 aromatic heterocycles. The van der Waals surface area contributed by atoms with Gasteiger partial charge in [0.1, 0.15) is 11.3 Å². The lowest BCUT2D eigenvalue weighted by Gasteiger charge is -2.01. The molecule has 94 valence electrons. The maximum absolute atomic E-state index is 11.3. The average Bonchev–Trinajstić information content (AvgIpc) is 2.49. The largest absolute Gasteiger partial charge is 0.478 e. The van der Waals surface area contributed by atoms with Crippen molar-refractivity contribution in [2.45, 2.75) is 45.8 Å². The second kappa shape index (κ2) is 5.31. The third-order valence-electron chi connectivity index (χ3n) is 3.07. The Labute approximate surface area is 100 Å². The molecule has 0 fully saturated rings. The highest BCUT2D eigenvalue weighted by molar-refractivity contribution is 5.90. The molecule has 2 heterocycles. The number of aromatic carboxylic acids is 1. The summed E-state index contributed by atoms with van der Waals surface area (Å²) in [6.45, 7) is 3.57. The number of carboxylic acids is 1. The van der Waals surface area contributed by atoms with Gasteiger partial charge in [-0.05, 0) is 26.2 Å². The van der Waals surface area contributed by atoms with Gasteiger partial charge < -0.3 is 9.84 Å². The summed E-state index contributed by atoms with van der Waals surface area (Å²) in [5.41, 5.74) is 1.79. The number of aryl methyl sites for hydroxylation is 1. The monoisotopic (exact) mass is 238 g/mol. The summed E-state index contributed by atoms with van der Waals surface area (Å²) >= 11 is 0. The fraction of sp³-hybridized carbons (Fsp3) is 0.667. The minimum atomic E-state index is -0.886. The molecular formula is C12H18N2O3. The highest BCUT2D eigenvalue weighted by Crippen LogP contribution is 2.22. The molecule has 5 nitrogen and oxygen atoms in total. The van der Waals surface area contributed by atoms with Crippen molar-refractivity contribution in [2.24, 2.45) is 0 Å². The Morgan fingerprint density at radius 2 is 2.29 bits per heavy atom. The van der Waals surface area contributed by atoms with Crippen LogP contribution in [0, 0.1) is 0 Å². The summed E-state index contributed by atoms with van der Waals surface area (Å²) in [4.78, 5) is 11.3. The van der Waals surface area contributed by atoms with Crippen LogP contribution < -0.4 is 0 Å². The Bertz CT molecular complexity index is 412. The van der Waals surface area contributed by atoms with Gasteiger partial charge in [0.15, 0.2) is 0 Å². The third-order valence-corrected chi connectivity index (χ3v) is 3.07. The van der Waals surface area contributed by atoms with Gasteiger partial charge in [-0.1, -0.05) is 6.42 Å². The van der Waals surface area contributed by atoms with E-state index < -0.39 is 5.97 Å². The van der Waals surface area contributed by atoms with E-state index in [-0.39, 0.29) is 6.61 Å². The van der Waals surface area contributed by atoms with E-state index in [1.807, 2.05) is 11.6 Å². The average molecular weight is 238 g/mol. The summed E-state index contributed by atoms with van der Waals surface area (Å²) in [5.74, 6) is -0.886. The van der Waals surface area contributed by atoms with E-state index in [1.54, 1.807) is 0 Å². The number of carboxylic acid groups (broad SMARTS) is 1. The second-order valence-electron chi connectivity index (χ2n) is 4.24. The van der Waals surface area contributed by atoms with Crippen LogP contribution in [0.25, 0.3) is 0 Å². The van der Waals surface area contributed by atoms with Crippen molar-refractivity contribution < 1.29 is 14.6 Å². The van der Waals surface area contributed by atoms with E-state index in [4.69, 9.17) is 4.74 Å². The molecule has 0 aliphatic carbocycles. The number of carbonyl (C=O) groups is 1. The highest BCUT2D eigenvalue weighted by atomic mass is 16.5. The van der Waals surface area contributed by atoms with Crippen molar-refractivity contribution in [1.29, 1.82) is 0 Å². The molecule has 0 spiro atoms. The van der Waals surface area contributed by atoms with Gasteiger partial charge >= 0.3 is 5.97 Å². The maximum atomic E-state index is 11.3. The molecule has 0 radical (unpaired) electrons. The van der Waals surface area contributed by atoms with Crippen LogP contribution in [0.4, 0.5) is 0 Å². The van der Waals surface area contributed by atoms with Gasteiger partial charge in [0.2, 0.25) is 0 Å². The molecular weight excluding hydrogens is 220 g/mol. The molecule has 0 saturated carbocycles. The predicted molar refractivity (Wildman–Crippen MR) is 62.1 cm³/mol. The highest BCUT2D eigenvalue weighted by Gasteiger charge is 2.23. The Morgan fingerprint density at radius 3 is 3.00 bits per heavy atom. The lowest BCUT2D eigenvalue weighted by atomic mass is 10.1. The fourth-order valence-corrected chi connectivity index (χ4v) is 2.27. The van der Waals surface area contributed by atoms with Crippen LogP contribution in [0.2, 0.25) is 0 Å². The Kier molecular flexibility index (Phi) is 3.78.